The minimum Gasteiger partial charge on any atom is -0.350 e. The van der Waals surface area contributed by atoms with E-state index in [0.29, 0.717) is 10.8 Å². The first-order valence-corrected chi connectivity index (χ1v) is 7.07. The van der Waals surface area contributed by atoms with Crippen LogP contribution in [0.4, 0.5) is 0 Å². The first-order chi connectivity index (χ1) is 7.80. The first kappa shape index (κ1) is 12.0. The molecule has 1 heterocycles. The van der Waals surface area contributed by atoms with Crippen LogP contribution >= 0.6 is 0 Å². The van der Waals surface area contributed by atoms with E-state index >= 15 is 0 Å². The molecule has 1 saturated heterocycles. The molecule has 3 fully saturated rings. The van der Waals surface area contributed by atoms with E-state index in [-0.39, 0.29) is 5.79 Å². The van der Waals surface area contributed by atoms with E-state index in [1.165, 1.54) is 12.8 Å². The molecule has 3 atom stereocenters. The van der Waals surface area contributed by atoms with Crippen LogP contribution in [-0.2, 0) is 9.47 Å². The summed E-state index contributed by atoms with van der Waals surface area (Å²) in [6.45, 7) is 13.1. The van der Waals surface area contributed by atoms with E-state index in [0.717, 1.165) is 31.0 Å². The minimum absolute atomic E-state index is 0.294. The molecule has 0 N–H and O–H groups in total. The van der Waals surface area contributed by atoms with E-state index < -0.39 is 0 Å². The van der Waals surface area contributed by atoms with Crippen molar-refractivity contribution in [3.63, 3.8) is 0 Å². The summed E-state index contributed by atoms with van der Waals surface area (Å²) in [6.07, 6.45) is 2.75. The van der Waals surface area contributed by atoms with Gasteiger partial charge in [0.2, 0.25) is 0 Å². The second-order valence-electron chi connectivity index (χ2n) is 7.59. The highest BCUT2D eigenvalue weighted by molar-refractivity contribution is 5.17. The third kappa shape index (κ3) is 1.53. The van der Waals surface area contributed by atoms with Gasteiger partial charge in [0, 0.05) is 5.41 Å². The molecule has 0 bridgehead atoms. The fourth-order valence-corrected chi connectivity index (χ4v) is 4.61. The highest BCUT2D eigenvalue weighted by atomic mass is 16.7. The summed E-state index contributed by atoms with van der Waals surface area (Å²) in [4.78, 5) is 0. The Bertz CT molecular complexity index is 322. The second kappa shape index (κ2) is 3.27. The van der Waals surface area contributed by atoms with Crippen molar-refractivity contribution in [2.75, 3.05) is 13.2 Å². The van der Waals surface area contributed by atoms with Crippen molar-refractivity contribution in [1.82, 2.24) is 0 Å². The molecule has 0 aromatic heterocycles. The molecule has 0 unspecified atom stereocenters. The Morgan fingerprint density at radius 2 is 1.53 bits per heavy atom. The van der Waals surface area contributed by atoms with Crippen LogP contribution in [0.1, 0.15) is 47.5 Å². The van der Waals surface area contributed by atoms with Gasteiger partial charge in [-0.25, -0.2) is 0 Å². The number of hydrogen-bond acceptors (Lipinski definition) is 2. The number of fused-ring (bicyclic) bond motifs is 2. The summed E-state index contributed by atoms with van der Waals surface area (Å²) in [7, 11) is 0. The molecule has 2 aliphatic carbocycles. The lowest BCUT2D eigenvalue weighted by Crippen LogP contribution is -2.52. The van der Waals surface area contributed by atoms with Gasteiger partial charge in [-0.15, -0.1) is 0 Å². The third-order valence-electron chi connectivity index (χ3n) is 5.94. The largest absolute Gasteiger partial charge is 0.350 e. The van der Waals surface area contributed by atoms with Gasteiger partial charge in [-0.2, -0.15) is 0 Å². The van der Waals surface area contributed by atoms with Crippen molar-refractivity contribution < 1.29 is 9.47 Å². The fraction of sp³-hybridized carbons (Fsp3) is 1.00. The highest BCUT2D eigenvalue weighted by Gasteiger charge is 2.70. The normalized spacial score (nSPS) is 45.4. The maximum Gasteiger partial charge on any atom is 0.162 e. The number of rotatable bonds is 0. The molecule has 0 amide bonds. The molecule has 0 radical (unpaired) electrons. The van der Waals surface area contributed by atoms with E-state index in [2.05, 4.69) is 20.8 Å². The Kier molecular flexibility index (Phi) is 2.30. The first-order valence-electron chi connectivity index (χ1n) is 7.07. The van der Waals surface area contributed by atoms with E-state index in [1.54, 1.807) is 0 Å². The van der Waals surface area contributed by atoms with Crippen LogP contribution in [0.25, 0.3) is 0 Å². The van der Waals surface area contributed by atoms with Gasteiger partial charge in [-0.3, -0.25) is 0 Å². The van der Waals surface area contributed by atoms with Crippen LogP contribution in [0.2, 0.25) is 0 Å². The summed E-state index contributed by atoms with van der Waals surface area (Å²) in [5.41, 5.74) is 0.806. The van der Waals surface area contributed by atoms with Crippen LogP contribution in [0.5, 0.6) is 0 Å². The lowest BCUT2D eigenvalue weighted by Gasteiger charge is -2.49. The van der Waals surface area contributed by atoms with Crippen LogP contribution in [-0.4, -0.2) is 19.0 Å². The molecule has 0 aromatic rings. The topological polar surface area (TPSA) is 18.5 Å². The van der Waals surface area contributed by atoms with E-state index in [1.807, 2.05) is 13.8 Å². The van der Waals surface area contributed by atoms with Crippen LogP contribution in [0.15, 0.2) is 0 Å². The van der Waals surface area contributed by atoms with Crippen molar-refractivity contribution in [3.8, 4) is 0 Å². The SMILES string of the molecule is C[C@@H]1CC[C@H]2[C@H](C2(C)C)C12COC(C)(C)OC2. The zero-order valence-electron chi connectivity index (χ0n) is 11.9. The van der Waals surface area contributed by atoms with Gasteiger partial charge < -0.3 is 9.47 Å². The number of ether oxygens (including phenoxy) is 2. The zero-order valence-corrected chi connectivity index (χ0v) is 11.9. The summed E-state index contributed by atoms with van der Waals surface area (Å²) >= 11 is 0. The van der Waals surface area contributed by atoms with E-state index in [9.17, 15) is 0 Å². The Balaban J connectivity index is 1.86. The second-order valence-corrected chi connectivity index (χ2v) is 7.59. The minimum atomic E-state index is -0.378. The third-order valence-corrected chi connectivity index (χ3v) is 5.94. The predicted molar refractivity (Wildman–Crippen MR) is 67.6 cm³/mol. The molecule has 1 aliphatic heterocycles. The Morgan fingerprint density at radius 3 is 2.12 bits per heavy atom. The molecule has 2 nitrogen and oxygen atoms in total. The Hall–Kier alpha value is -0.0800. The van der Waals surface area contributed by atoms with Gasteiger partial charge in [-0.05, 0) is 49.9 Å². The summed E-state index contributed by atoms with van der Waals surface area (Å²) in [5, 5.41) is 0. The molecule has 2 heteroatoms. The van der Waals surface area contributed by atoms with Crippen molar-refractivity contribution >= 4 is 0 Å². The average molecular weight is 238 g/mol. The molecule has 3 rings (SSSR count). The molecule has 2 saturated carbocycles. The van der Waals surface area contributed by atoms with E-state index in [4.69, 9.17) is 9.47 Å². The summed E-state index contributed by atoms with van der Waals surface area (Å²) < 4.78 is 12.0. The van der Waals surface area contributed by atoms with Crippen molar-refractivity contribution in [2.45, 2.75) is 53.2 Å². The quantitative estimate of drug-likeness (QED) is 0.643. The smallest absolute Gasteiger partial charge is 0.162 e. The monoisotopic (exact) mass is 238 g/mol. The maximum atomic E-state index is 6.00. The Morgan fingerprint density at radius 1 is 0.941 bits per heavy atom. The Labute approximate surface area is 105 Å². The van der Waals surface area contributed by atoms with Crippen molar-refractivity contribution in [3.05, 3.63) is 0 Å². The molecule has 0 aromatic carbocycles. The lowest BCUT2D eigenvalue weighted by molar-refractivity contribution is -0.302. The predicted octanol–water partition coefficient (Wildman–Crippen LogP) is 3.46. The zero-order chi connectivity index (χ0) is 12.5. The molecule has 1 spiro atoms. The van der Waals surface area contributed by atoms with Crippen molar-refractivity contribution in [2.24, 2.45) is 28.6 Å². The molecule has 3 aliphatic rings. The van der Waals surface area contributed by atoms with Crippen LogP contribution in [0.3, 0.4) is 0 Å². The fourth-order valence-electron chi connectivity index (χ4n) is 4.61. The molecule has 98 valence electrons. The van der Waals surface area contributed by atoms with Crippen LogP contribution in [0, 0.1) is 28.6 Å². The lowest BCUT2D eigenvalue weighted by atomic mass is 9.66. The van der Waals surface area contributed by atoms with Gasteiger partial charge in [0.15, 0.2) is 5.79 Å². The summed E-state index contributed by atoms with van der Waals surface area (Å²) in [5.74, 6) is 2.08. The van der Waals surface area contributed by atoms with Gasteiger partial charge in [-0.1, -0.05) is 20.8 Å². The van der Waals surface area contributed by atoms with Crippen molar-refractivity contribution in [1.29, 1.82) is 0 Å². The van der Waals surface area contributed by atoms with Gasteiger partial charge in [0.25, 0.3) is 0 Å². The molecular formula is C15H26O2. The van der Waals surface area contributed by atoms with Gasteiger partial charge in [0.05, 0.1) is 13.2 Å². The molecular weight excluding hydrogens is 212 g/mol. The van der Waals surface area contributed by atoms with Crippen LogP contribution < -0.4 is 0 Å². The molecule has 17 heavy (non-hydrogen) atoms. The average Bonchev–Trinajstić information content (AvgIpc) is 2.80. The van der Waals surface area contributed by atoms with Gasteiger partial charge in [0.1, 0.15) is 0 Å². The number of hydrogen-bond donors (Lipinski definition) is 0. The summed E-state index contributed by atoms with van der Waals surface area (Å²) in [6, 6.07) is 0. The van der Waals surface area contributed by atoms with Gasteiger partial charge >= 0.3 is 0 Å². The highest BCUT2D eigenvalue weighted by Crippen LogP contribution is 2.73. The maximum absolute atomic E-state index is 6.00. The standard InChI is InChI=1S/C15H26O2/c1-10-6-7-11-12(13(11,2)3)15(10)8-16-14(4,5)17-9-15/h10-12H,6-9H2,1-5H3/t10-,11+,12-/m1/s1.